The van der Waals surface area contributed by atoms with Crippen LogP contribution in [-0.2, 0) is 16.0 Å². The monoisotopic (exact) mass is 284 g/mol. The second-order valence-electron chi connectivity index (χ2n) is 5.72. The SMILES string of the molecule is C[C@H]1OC(=O)C2=C1N1CCc3ccccc3[C@H]1CC2=NO. The second kappa shape index (κ2) is 4.35. The Morgan fingerprint density at radius 2 is 2.19 bits per heavy atom. The van der Waals surface area contributed by atoms with Gasteiger partial charge in [0.25, 0.3) is 0 Å². The fourth-order valence-corrected chi connectivity index (χ4v) is 3.76. The van der Waals surface area contributed by atoms with Crippen LogP contribution in [0.3, 0.4) is 0 Å². The molecule has 3 aliphatic heterocycles. The van der Waals surface area contributed by atoms with E-state index in [9.17, 15) is 10.0 Å². The van der Waals surface area contributed by atoms with Crippen LogP contribution >= 0.6 is 0 Å². The normalized spacial score (nSPS) is 29.1. The van der Waals surface area contributed by atoms with E-state index in [1.165, 1.54) is 11.1 Å². The molecule has 1 N–H and O–H groups in total. The van der Waals surface area contributed by atoms with Crippen LogP contribution in [0.25, 0.3) is 0 Å². The van der Waals surface area contributed by atoms with Crippen molar-refractivity contribution in [3.05, 3.63) is 46.7 Å². The zero-order valence-electron chi connectivity index (χ0n) is 11.7. The minimum atomic E-state index is -0.373. The third-order valence-corrected chi connectivity index (χ3v) is 4.65. The van der Waals surface area contributed by atoms with Crippen LogP contribution in [0.4, 0.5) is 0 Å². The number of esters is 1. The van der Waals surface area contributed by atoms with E-state index >= 15 is 0 Å². The van der Waals surface area contributed by atoms with Gasteiger partial charge < -0.3 is 14.8 Å². The second-order valence-corrected chi connectivity index (χ2v) is 5.72. The van der Waals surface area contributed by atoms with E-state index < -0.39 is 0 Å². The summed E-state index contributed by atoms with van der Waals surface area (Å²) in [6, 6.07) is 8.47. The van der Waals surface area contributed by atoms with Gasteiger partial charge >= 0.3 is 5.97 Å². The highest BCUT2D eigenvalue weighted by molar-refractivity contribution is 6.22. The Morgan fingerprint density at radius 3 is 3.00 bits per heavy atom. The molecular weight excluding hydrogens is 268 g/mol. The Bertz CT molecular complexity index is 693. The van der Waals surface area contributed by atoms with Gasteiger partial charge in [-0.25, -0.2) is 4.79 Å². The van der Waals surface area contributed by atoms with Crippen molar-refractivity contribution in [3.8, 4) is 0 Å². The molecule has 2 atom stereocenters. The van der Waals surface area contributed by atoms with E-state index in [0.717, 1.165) is 18.7 Å². The van der Waals surface area contributed by atoms with Gasteiger partial charge in [-0.2, -0.15) is 0 Å². The lowest BCUT2D eigenvalue weighted by Gasteiger charge is -2.43. The summed E-state index contributed by atoms with van der Waals surface area (Å²) in [6.45, 7) is 2.73. The van der Waals surface area contributed by atoms with Gasteiger partial charge in [-0.05, 0) is 24.5 Å². The summed E-state index contributed by atoms with van der Waals surface area (Å²) >= 11 is 0. The maximum absolute atomic E-state index is 12.0. The molecule has 108 valence electrons. The first-order chi connectivity index (χ1) is 10.2. The number of hydrogen-bond donors (Lipinski definition) is 1. The van der Waals surface area contributed by atoms with E-state index in [2.05, 4.69) is 22.2 Å². The van der Waals surface area contributed by atoms with Crippen molar-refractivity contribution in [2.45, 2.75) is 31.9 Å². The Balaban J connectivity index is 1.88. The smallest absolute Gasteiger partial charge is 0.342 e. The molecular formula is C16H16N2O3. The molecule has 1 aromatic rings. The molecule has 5 heteroatoms. The maximum atomic E-state index is 12.0. The average molecular weight is 284 g/mol. The highest BCUT2D eigenvalue weighted by Gasteiger charge is 2.45. The van der Waals surface area contributed by atoms with Gasteiger partial charge in [0.2, 0.25) is 0 Å². The number of ether oxygens (including phenoxy) is 1. The van der Waals surface area contributed by atoms with Crippen molar-refractivity contribution in [1.29, 1.82) is 0 Å². The summed E-state index contributed by atoms with van der Waals surface area (Å²) < 4.78 is 5.33. The van der Waals surface area contributed by atoms with Crippen LogP contribution < -0.4 is 0 Å². The van der Waals surface area contributed by atoms with Crippen molar-refractivity contribution in [2.24, 2.45) is 5.16 Å². The van der Waals surface area contributed by atoms with Gasteiger partial charge in [0.15, 0.2) is 0 Å². The summed E-state index contributed by atoms with van der Waals surface area (Å²) in [5.74, 6) is -0.373. The molecule has 21 heavy (non-hydrogen) atoms. The third-order valence-electron chi connectivity index (χ3n) is 4.65. The molecule has 0 aliphatic carbocycles. The predicted octanol–water partition coefficient (Wildman–Crippen LogP) is 2.02. The predicted molar refractivity (Wildman–Crippen MR) is 76.0 cm³/mol. The van der Waals surface area contributed by atoms with Gasteiger partial charge in [0.05, 0.1) is 17.5 Å². The lowest BCUT2D eigenvalue weighted by atomic mass is 9.84. The fourth-order valence-electron chi connectivity index (χ4n) is 3.76. The van der Waals surface area contributed by atoms with Gasteiger partial charge in [0, 0.05) is 13.0 Å². The van der Waals surface area contributed by atoms with Crippen molar-refractivity contribution < 1.29 is 14.7 Å². The molecule has 0 fully saturated rings. The molecule has 0 saturated carbocycles. The quantitative estimate of drug-likeness (QED) is 0.450. The number of oxime groups is 1. The van der Waals surface area contributed by atoms with Crippen LogP contribution in [0.2, 0.25) is 0 Å². The highest BCUT2D eigenvalue weighted by atomic mass is 16.5. The molecule has 0 aromatic heterocycles. The number of nitrogens with zero attached hydrogens (tertiary/aromatic N) is 2. The van der Waals surface area contributed by atoms with E-state index in [0.29, 0.717) is 17.7 Å². The fraction of sp³-hybridized carbons (Fsp3) is 0.375. The zero-order chi connectivity index (χ0) is 14.6. The number of hydrogen-bond acceptors (Lipinski definition) is 5. The Morgan fingerprint density at radius 1 is 1.38 bits per heavy atom. The summed E-state index contributed by atoms with van der Waals surface area (Å²) in [5.41, 5.74) is 4.36. The number of cyclic esters (lactones) is 1. The first kappa shape index (κ1) is 12.4. The van der Waals surface area contributed by atoms with E-state index in [4.69, 9.17) is 4.74 Å². The van der Waals surface area contributed by atoms with E-state index in [1.54, 1.807) is 0 Å². The highest BCUT2D eigenvalue weighted by Crippen LogP contribution is 2.43. The molecule has 0 spiro atoms. The van der Waals surface area contributed by atoms with Crippen LogP contribution in [0.15, 0.2) is 40.7 Å². The lowest BCUT2D eigenvalue weighted by Crippen LogP contribution is -2.42. The summed E-state index contributed by atoms with van der Waals surface area (Å²) in [4.78, 5) is 14.3. The third kappa shape index (κ3) is 1.63. The molecule has 0 amide bonds. The molecule has 5 nitrogen and oxygen atoms in total. The average Bonchev–Trinajstić information content (AvgIpc) is 2.81. The summed E-state index contributed by atoms with van der Waals surface area (Å²) in [6.07, 6.45) is 1.21. The Hall–Kier alpha value is -2.30. The topological polar surface area (TPSA) is 62.1 Å². The van der Waals surface area contributed by atoms with Crippen LogP contribution in [0.1, 0.15) is 30.5 Å². The number of benzene rings is 1. The van der Waals surface area contributed by atoms with Gasteiger partial charge in [-0.3, -0.25) is 0 Å². The molecule has 0 unspecified atom stereocenters. The summed E-state index contributed by atoms with van der Waals surface area (Å²) in [7, 11) is 0. The van der Waals surface area contributed by atoms with Gasteiger partial charge in [-0.15, -0.1) is 0 Å². The first-order valence-electron chi connectivity index (χ1n) is 7.21. The molecule has 1 aromatic carbocycles. The standard InChI is InChI=1S/C16H16N2O3/c1-9-15-14(16(19)21-9)12(17-20)8-13-11-5-3-2-4-10(11)6-7-18(13)15/h2-5,9,13,20H,6-8H2,1H3/t9-,13-/m1/s1. The first-order valence-corrected chi connectivity index (χ1v) is 7.21. The van der Waals surface area contributed by atoms with Crippen LogP contribution in [0, 0.1) is 0 Å². The van der Waals surface area contributed by atoms with Gasteiger partial charge in [-0.1, -0.05) is 29.4 Å². The van der Waals surface area contributed by atoms with Crippen LogP contribution in [0.5, 0.6) is 0 Å². The Kier molecular flexibility index (Phi) is 2.58. The van der Waals surface area contributed by atoms with Crippen molar-refractivity contribution in [2.75, 3.05) is 6.54 Å². The maximum Gasteiger partial charge on any atom is 0.342 e. The van der Waals surface area contributed by atoms with Gasteiger partial charge in [0.1, 0.15) is 11.7 Å². The zero-order valence-corrected chi connectivity index (χ0v) is 11.7. The minimum absolute atomic E-state index is 0.122. The van der Waals surface area contributed by atoms with E-state index in [1.807, 2.05) is 19.1 Å². The van der Waals surface area contributed by atoms with Crippen molar-refractivity contribution in [1.82, 2.24) is 4.90 Å². The largest absolute Gasteiger partial charge is 0.453 e. The number of carbonyl (C=O) groups is 1. The Labute approximate surface area is 122 Å². The molecule has 0 bridgehead atoms. The van der Waals surface area contributed by atoms with Crippen molar-refractivity contribution in [3.63, 3.8) is 0 Å². The molecule has 3 heterocycles. The minimum Gasteiger partial charge on any atom is -0.453 e. The van der Waals surface area contributed by atoms with Crippen molar-refractivity contribution >= 4 is 11.7 Å². The van der Waals surface area contributed by atoms with E-state index in [-0.39, 0.29) is 18.1 Å². The molecule has 3 aliphatic rings. The lowest BCUT2D eigenvalue weighted by molar-refractivity contribution is -0.138. The molecule has 0 radical (unpaired) electrons. The number of fused-ring (bicyclic) bond motifs is 4. The molecule has 4 rings (SSSR count). The number of rotatable bonds is 0. The number of carbonyl (C=O) groups excluding carboxylic acids is 1. The summed E-state index contributed by atoms with van der Waals surface area (Å²) in [5, 5.41) is 12.7. The molecule has 0 saturated heterocycles. The van der Waals surface area contributed by atoms with Crippen LogP contribution in [-0.4, -0.2) is 34.4 Å².